The summed E-state index contributed by atoms with van der Waals surface area (Å²) in [5, 5.41) is 7.86. The van der Waals surface area contributed by atoms with Crippen molar-refractivity contribution in [2.24, 2.45) is 5.41 Å². The predicted octanol–water partition coefficient (Wildman–Crippen LogP) is 3.67. The van der Waals surface area contributed by atoms with Gasteiger partial charge in [0.2, 0.25) is 5.91 Å². The molecule has 5 heteroatoms. The second kappa shape index (κ2) is 6.63. The van der Waals surface area contributed by atoms with Crippen LogP contribution in [0.1, 0.15) is 43.1 Å². The van der Waals surface area contributed by atoms with Gasteiger partial charge in [-0.05, 0) is 43.1 Å². The fourth-order valence-corrected chi connectivity index (χ4v) is 3.89. The highest BCUT2D eigenvalue weighted by atomic mass is 32.2. The minimum absolute atomic E-state index is 0.0427. The Bertz CT molecular complexity index is 751. The molecule has 1 aromatic heterocycles. The van der Waals surface area contributed by atoms with Gasteiger partial charge in [0, 0.05) is 5.56 Å². The molecule has 1 N–H and O–H groups in total. The molecule has 0 bridgehead atoms. The number of carbonyl (C=O) groups is 1. The van der Waals surface area contributed by atoms with Crippen LogP contribution in [0.25, 0.3) is 5.69 Å². The van der Waals surface area contributed by atoms with Gasteiger partial charge in [-0.2, -0.15) is 16.9 Å². The van der Waals surface area contributed by atoms with E-state index in [0.29, 0.717) is 5.75 Å². The molecule has 1 amide bonds. The topological polar surface area (TPSA) is 46.9 Å². The molecule has 1 aliphatic rings. The third-order valence-electron chi connectivity index (χ3n) is 4.63. The maximum Gasteiger partial charge on any atom is 0.230 e. The molecule has 0 aliphatic heterocycles. The van der Waals surface area contributed by atoms with Gasteiger partial charge in [0.15, 0.2) is 0 Å². The summed E-state index contributed by atoms with van der Waals surface area (Å²) in [5.74, 6) is 0.595. The zero-order valence-corrected chi connectivity index (χ0v) is 15.6. The Morgan fingerprint density at radius 1 is 1.42 bits per heavy atom. The molecule has 0 saturated carbocycles. The smallest absolute Gasteiger partial charge is 0.230 e. The van der Waals surface area contributed by atoms with Crippen LogP contribution >= 0.6 is 11.8 Å². The molecule has 1 aromatic carbocycles. The Balaban J connectivity index is 2.00. The van der Waals surface area contributed by atoms with E-state index >= 15 is 0 Å². The molecular weight excluding hydrogens is 318 g/mol. The van der Waals surface area contributed by atoms with Crippen LogP contribution in [0.15, 0.2) is 30.5 Å². The van der Waals surface area contributed by atoms with E-state index < -0.39 is 0 Å². The number of nitrogens with one attached hydrogen (secondary N) is 1. The summed E-state index contributed by atoms with van der Waals surface area (Å²) in [4.78, 5) is 12.1. The van der Waals surface area contributed by atoms with E-state index in [1.54, 1.807) is 11.8 Å². The van der Waals surface area contributed by atoms with Gasteiger partial charge in [-0.3, -0.25) is 4.79 Å². The molecule has 0 spiro atoms. The number of aryl methyl sites for hydroxylation is 1. The molecule has 128 valence electrons. The largest absolute Gasteiger partial charge is 0.348 e. The molecule has 4 nitrogen and oxygen atoms in total. The minimum atomic E-state index is 0.0427. The second-order valence-corrected chi connectivity index (χ2v) is 8.21. The minimum Gasteiger partial charge on any atom is -0.348 e. The number of hydrogen-bond acceptors (Lipinski definition) is 3. The summed E-state index contributed by atoms with van der Waals surface area (Å²) in [7, 11) is 0. The lowest BCUT2D eigenvalue weighted by Crippen LogP contribution is -2.37. The number of benzene rings is 1. The molecule has 3 rings (SSSR count). The number of amides is 1. The van der Waals surface area contributed by atoms with E-state index in [-0.39, 0.29) is 17.4 Å². The summed E-state index contributed by atoms with van der Waals surface area (Å²) in [6.45, 7) is 6.63. The SMILES string of the molecule is CSCC(=O)N[C@@H]1CC(C)(C)Cc2c1cnn2-c1ccccc1C. The molecule has 1 heterocycles. The van der Waals surface area contributed by atoms with Crippen molar-refractivity contribution in [1.82, 2.24) is 15.1 Å². The van der Waals surface area contributed by atoms with E-state index in [1.807, 2.05) is 24.6 Å². The average Bonchev–Trinajstić information content (AvgIpc) is 2.90. The Labute approximate surface area is 148 Å². The summed E-state index contributed by atoms with van der Waals surface area (Å²) in [6.07, 6.45) is 5.79. The fourth-order valence-electron chi connectivity index (χ4n) is 3.55. The fraction of sp³-hybridized carbons (Fsp3) is 0.474. The zero-order valence-electron chi connectivity index (χ0n) is 14.8. The van der Waals surface area contributed by atoms with Crippen molar-refractivity contribution in [2.45, 2.75) is 39.7 Å². The first-order chi connectivity index (χ1) is 11.4. The number of carbonyl (C=O) groups excluding carboxylic acids is 1. The number of hydrogen-bond donors (Lipinski definition) is 1. The molecule has 2 aromatic rings. The monoisotopic (exact) mass is 343 g/mol. The third-order valence-corrected chi connectivity index (χ3v) is 5.18. The highest BCUT2D eigenvalue weighted by Gasteiger charge is 2.36. The molecule has 1 atom stereocenters. The summed E-state index contributed by atoms with van der Waals surface area (Å²) < 4.78 is 2.05. The van der Waals surface area contributed by atoms with Gasteiger partial charge in [-0.25, -0.2) is 4.68 Å². The lowest BCUT2D eigenvalue weighted by Gasteiger charge is -2.36. The summed E-state index contributed by atoms with van der Waals surface area (Å²) >= 11 is 1.55. The predicted molar refractivity (Wildman–Crippen MR) is 99.7 cm³/mol. The van der Waals surface area contributed by atoms with E-state index in [1.165, 1.54) is 11.3 Å². The molecule has 1 aliphatic carbocycles. The highest BCUT2D eigenvalue weighted by Crippen LogP contribution is 2.41. The average molecular weight is 343 g/mol. The Morgan fingerprint density at radius 2 is 2.17 bits per heavy atom. The van der Waals surface area contributed by atoms with Crippen molar-refractivity contribution in [3.63, 3.8) is 0 Å². The third kappa shape index (κ3) is 3.36. The Kier molecular flexibility index (Phi) is 4.72. The molecule has 0 radical (unpaired) electrons. The molecule has 0 unspecified atom stereocenters. The highest BCUT2D eigenvalue weighted by molar-refractivity contribution is 7.99. The Morgan fingerprint density at radius 3 is 2.88 bits per heavy atom. The van der Waals surface area contributed by atoms with Crippen LogP contribution in [0.2, 0.25) is 0 Å². The van der Waals surface area contributed by atoms with Crippen LogP contribution in [0.4, 0.5) is 0 Å². The van der Waals surface area contributed by atoms with Gasteiger partial charge in [0.05, 0.1) is 29.4 Å². The van der Waals surface area contributed by atoms with Gasteiger partial charge >= 0.3 is 0 Å². The lowest BCUT2D eigenvalue weighted by atomic mass is 9.74. The van der Waals surface area contributed by atoms with Crippen molar-refractivity contribution in [2.75, 3.05) is 12.0 Å². The first-order valence-corrected chi connectivity index (χ1v) is 9.72. The molecular formula is C19H25N3OS. The molecule has 24 heavy (non-hydrogen) atoms. The van der Waals surface area contributed by atoms with Gasteiger partial charge in [-0.15, -0.1) is 0 Å². The van der Waals surface area contributed by atoms with Crippen molar-refractivity contribution in [1.29, 1.82) is 0 Å². The zero-order chi connectivity index (χ0) is 17.3. The maximum atomic E-state index is 12.1. The van der Waals surface area contributed by atoms with Crippen molar-refractivity contribution >= 4 is 17.7 Å². The summed E-state index contributed by atoms with van der Waals surface area (Å²) in [5.41, 5.74) is 4.83. The van der Waals surface area contributed by atoms with Gasteiger partial charge in [-0.1, -0.05) is 32.0 Å². The second-order valence-electron chi connectivity index (χ2n) is 7.34. The van der Waals surface area contributed by atoms with Crippen LogP contribution < -0.4 is 5.32 Å². The van der Waals surface area contributed by atoms with Crippen LogP contribution in [0.3, 0.4) is 0 Å². The standard InChI is InChI=1S/C19H25N3OS/c1-13-7-5-6-8-16(13)22-17-10-19(2,3)9-15(14(17)11-20-22)21-18(23)12-24-4/h5-8,11,15H,9-10,12H2,1-4H3,(H,21,23)/t15-/m1/s1. The van der Waals surface area contributed by atoms with Crippen LogP contribution in [0.5, 0.6) is 0 Å². The van der Waals surface area contributed by atoms with Crippen LogP contribution in [-0.2, 0) is 11.2 Å². The van der Waals surface area contributed by atoms with E-state index in [9.17, 15) is 4.79 Å². The normalized spacial score (nSPS) is 18.9. The van der Waals surface area contributed by atoms with Crippen LogP contribution in [0, 0.1) is 12.3 Å². The van der Waals surface area contributed by atoms with Gasteiger partial charge < -0.3 is 5.32 Å². The molecule has 0 fully saturated rings. The number of rotatable bonds is 4. The van der Waals surface area contributed by atoms with Crippen molar-refractivity contribution in [3.05, 3.63) is 47.3 Å². The van der Waals surface area contributed by atoms with Crippen LogP contribution in [-0.4, -0.2) is 27.7 Å². The van der Waals surface area contributed by atoms with E-state index in [2.05, 4.69) is 48.0 Å². The Hall–Kier alpha value is -1.75. The van der Waals surface area contributed by atoms with Crippen molar-refractivity contribution < 1.29 is 4.79 Å². The van der Waals surface area contributed by atoms with E-state index in [0.717, 1.165) is 24.1 Å². The van der Waals surface area contributed by atoms with Gasteiger partial charge in [0.25, 0.3) is 0 Å². The maximum absolute atomic E-state index is 12.1. The number of fused-ring (bicyclic) bond motifs is 1. The number of aromatic nitrogens is 2. The van der Waals surface area contributed by atoms with E-state index in [4.69, 9.17) is 0 Å². The van der Waals surface area contributed by atoms with Gasteiger partial charge in [0.1, 0.15) is 0 Å². The van der Waals surface area contributed by atoms with Crippen molar-refractivity contribution in [3.8, 4) is 5.69 Å². The number of nitrogens with zero attached hydrogens (tertiary/aromatic N) is 2. The lowest BCUT2D eigenvalue weighted by molar-refractivity contribution is -0.119. The number of thioether (sulfide) groups is 1. The quantitative estimate of drug-likeness (QED) is 0.921. The first kappa shape index (κ1) is 17.1. The summed E-state index contributed by atoms with van der Waals surface area (Å²) in [6, 6.07) is 8.34. The first-order valence-electron chi connectivity index (χ1n) is 8.32. The molecule has 0 saturated heterocycles. The number of para-hydroxylation sites is 1.